The Bertz CT molecular complexity index is 318. The third-order valence-corrected chi connectivity index (χ3v) is 1.54. The Hall–Kier alpha value is -1.44. The molecule has 0 amide bonds. The highest BCUT2D eigenvalue weighted by molar-refractivity contribution is 5.81. The van der Waals surface area contributed by atoms with Crippen LogP contribution in [0.15, 0.2) is 36.7 Å². The molecule has 0 atom stereocenters. The minimum absolute atomic E-state index is 1.06. The van der Waals surface area contributed by atoms with Crippen molar-refractivity contribution in [2.75, 3.05) is 0 Å². The van der Waals surface area contributed by atoms with Gasteiger partial charge in [0.25, 0.3) is 0 Å². The quantitative estimate of drug-likeness (QED) is 0.545. The minimum Gasteiger partial charge on any atom is -0.429 e. The van der Waals surface area contributed by atoms with Crippen molar-refractivity contribution in [3.8, 4) is 0 Å². The molecular formula is C8H7NO. The van der Waals surface area contributed by atoms with Crippen LogP contribution in [0, 0.1) is 0 Å². The largest absolute Gasteiger partial charge is 0.429 e. The van der Waals surface area contributed by atoms with Gasteiger partial charge in [-0.05, 0) is 0 Å². The van der Waals surface area contributed by atoms with Gasteiger partial charge in [-0.25, -0.2) is 4.73 Å². The molecule has 2 aromatic rings. The van der Waals surface area contributed by atoms with E-state index in [1.165, 1.54) is 0 Å². The number of fused-ring (bicyclic) bond motifs is 1. The summed E-state index contributed by atoms with van der Waals surface area (Å²) in [6.45, 7) is 0. The molecule has 0 saturated carbocycles. The van der Waals surface area contributed by atoms with E-state index in [4.69, 9.17) is 5.21 Å². The summed E-state index contributed by atoms with van der Waals surface area (Å²) < 4.78 is 1.07. The van der Waals surface area contributed by atoms with E-state index < -0.39 is 0 Å². The average Bonchev–Trinajstić information content (AvgIpc) is 2.27. The Labute approximate surface area is 58.3 Å². The summed E-state index contributed by atoms with van der Waals surface area (Å²) in [4.78, 5) is 0. The fourth-order valence-electron chi connectivity index (χ4n) is 1.07. The van der Waals surface area contributed by atoms with Gasteiger partial charge in [-0.3, -0.25) is 0 Å². The van der Waals surface area contributed by atoms with Crippen molar-refractivity contribution in [2.24, 2.45) is 0 Å². The molecule has 0 fully saturated rings. The van der Waals surface area contributed by atoms with Gasteiger partial charge in [0.1, 0.15) is 0 Å². The molecule has 2 heteroatoms. The summed E-state index contributed by atoms with van der Waals surface area (Å²) in [7, 11) is 0. The maximum absolute atomic E-state index is 8.97. The summed E-state index contributed by atoms with van der Waals surface area (Å²) >= 11 is 0. The van der Waals surface area contributed by atoms with Crippen LogP contribution in [0.4, 0.5) is 0 Å². The predicted octanol–water partition coefficient (Wildman–Crippen LogP) is 1.88. The summed E-state index contributed by atoms with van der Waals surface area (Å²) in [5.41, 5.74) is 0. The van der Waals surface area contributed by atoms with Crippen molar-refractivity contribution in [3.05, 3.63) is 36.7 Å². The van der Waals surface area contributed by atoms with E-state index in [2.05, 4.69) is 0 Å². The highest BCUT2D eigenvalue weighted by Gasteiger charge is 1.92. The zero-order chi connectivity index (χ0) is 6.97. The van der Waals surface area contributed by atoms with Gasteiger partial charge in [0, 0.05) is 10.8 Å². The fourth-order valence-corrected chi connectivity index (χ4v) is 1.07. The van der Waals surface area contributed by atoms with Gasteiger partial charge >= 0.3 is 0 Å². The maximum atomic E-state index is 8.97. The van der Waals surface area contributed by atoms with E-state index in [-0.39, 0.29) is 0 Å². The van der Waals surface area contributed by atoms with Crippen LogP contribution in [0.3, 0.4) is 0 Å². The normalized spacial score (nSPS) is 10.4. The maximum Gasteiger partial charge on any atom is 0.0510 e. The van der Waals surface area contributed by atoms with Crippen molar-refractivity contribution < 1.29 is 5.21 Å². The number of benzene rings is 1. The molecule has 1 aromatic heterocycles. The fraction of sp³-hybridized carbons (Fsp3) is 0. The predicted molar refractivity (Wildman–Crippen MR) is 39.1 cm³/mol. The summed E-state index contributed by atoms with van der Waals surface area (Å²) in [6.07, 6.45) is 3.35. The first kappa shape index (κ1) is 5.35. The van der Waals surface area contributed by atoms with Crippen LogP contribution < -0.4 is 0 Å². The lowest BCUT2D eigenvalue weighted by molar-refractivity contribution is 0.188. The van der Waals surface area contributed by atoms with Crippen LogP contribution in [0.5, 0.6) is 0 Å². The van der Waals surface area contributed by atoms with E-state index in [0.29, 0.717) is 0 Å². The van der Waals surface area contributed by atoms with Crippen molar-refractivity contribution in [1.29, 1.82) is 0 Å². The SMILES string of the molecule is On1cc2ccccc2c1. The molecule has 0 aliphatic heterocycles. The number of nitrogens with zero attached hydrogens (tertiary/aromatic N) is 1. The standard InChI is InChI=1S/C8H7NO/c10-9-5-7-3-1-2-4-8(7)6-9/h1-6,10H. The summed E-state index contributed by atoms with van der Waals surface area (Å²) in [6, 6.07) is 7.81. The molecule has 0 bridgehead atoms. The molecule has 1 heterocycles. The molecule has 50 valence electrons. The Kier molecular flexibility index (Phi) is 0.947. The topological polar surface area (TPSA) is 25.2 Å². The minimum atomic E-state index is 1.06. The van der Waals surface area contributed by atoms with Crippen molar-refractivity contribution in [1.82, 2.24) is 4.73 Å². The highest BCUT2D eigenvalue weighted by atomic mass is 16.5. The molecule has 0 radical (unpaired) electrons. The van der Waals surface area contributed by atoms with Gasteiger partial charge < -0.3 is 5.21 Å². The van der Waals surface area contributed by atoms with Crippen LogP contribution in [0.1, 0.15) is 0 Å². The molecular weight excluding hydrogens is 126 g/mol. The van der Waals surface area contributed by atoms with Gasteiger partial charge in [0.2, 0.25) is 0 Å². The molecule has 0 aliphatic rings. The molecule has 0 spiro atoms. The van der Waals surface area contributed by atoms with E-state index in [9.17, 15) is 0 Å². The Morgan fingerprint density at radius 1 is 1.00 bits per heavy atom. The van der Waals surface area contributed by atoms with E-state index in [1.807, 2.05) is 24.3 Å². The molecule has 0 aliphatic carbocycles. The number of rotatable bonds is 0. The average molecular weight is 133 g/mol. The van der Waals surface area contributed by atoms with Crippen molar-refractivity contribution in [2.45, 2.75) is 0 Å². The number of hydrogen-bond acceptors (Lipinski definition) is 1. The van der Waals surface area contributed by atoms with Gasteiger partial charge in [0.15, 0.2) is 0 Å². The van der Waals surface area contributed by atoms with E-state index in [1.54, 1.807) is 12.4 Å². The van der Waals surface area contributed by atoms with Crippen LogP contribution in [0.2, 0.25) is 0 Å². The van der Waals surface area contributed by atoms with Crippen molar-refractivity contribution in [3.63, 3.8) is 0 Å². The lowest BCUT2D eigenvalue weighted by Gasteiger charge is -1.81. The number of aromatic nitrogens is 1. The molecule has 0 saturated heterocycles. The van der Waals surface area contributed by atoms with Gasteiger partial charge in [0.05, 0.1) is 12.4 Å². The third kappa shape index (κ3) is 0.658. The Balaban J connectivity index is 2.88. The molecule has 10 heavy (non-hydrogen) atoms. The van der Waals surface area contributed by atoms with Crippen LogP contribution in [-0.4, -0.2) is 9.94 Å². The van der Waals surface area contributed by atoms with Gasteiger partial charge in [-0.15, -0.1) is 0 Å². The van der Waals surface area contributed by atoms with E-state index >= 15 is 0 Å². The van der Waals surface area contributed by atoms with Crippen LogP contribution >= 0.6 is 0 Å². The molecule has 2 nitrogen and oxygen atoms in total. The van der Waals surface area contributed by atoms with Gasteiger partial charge in [-0.2, -0.15) is 0 Å². The highest BCUT2D eigenvalue weighted by Crippen LogP contribution is 2.12. The second-order valence-corrected chi connectivity index (χ2v) is 2.27. The Morgan fingerprint density at radius 2 is 1.50 bits per heavy atom. The molecule has 1 N–H and O–H groups in total. The van der Waals surface area contributed by atoms with Crippen LogP contribution in [0.25, 0.3) is 10.8 Å². The van der Waals surface area contributed by atoms with Gasteiger partial charge in [-0.1, -0.05) is 24.3 Å². The first-order chi connectivity index (χ1) is 4.86. The Morgan fingerprint density at radius 3 is 2.00 bits per heavy atom. The smallest absolute Gasteiger partial charge is 0.0510 e. The third-order valence-electron chi connectivity index (χ3n) is 1.54. The second-order valence-electron chi connectivity index (χ2n) is 2.27. The molecule has 1 aromatic carbocycles. The van der Waals surface area contributed by atoms with Crippen molar-refractivity contribution >= 4 is 10.8 Å². The zero-order valence-corrected chi connectivity index (χ0v) is 5.36. The zero-order valence-electron chi connectivity index (χ0n) is 5.36. The van der Waals surface area contributed by atoms with Crippen LogP contribution in [-0.2, 0) is 0 Å². The number of hydrogen-bond donors (Lipinski definition) is 1. The van der Waals surface area contributed by atoms with E-state index in [0.717, 1.165) is 15.5 Å². The second kappa shape index (κ2) is 1.77. The molecule has 2 rings (SSSR count). The lowest BCUT2D eigenvalue weighted by Crippen LogP contribution is -1.79. The monoisotopic (exact) mass is 133 g/mol. The first-order valence-corrected chi connectivity index (χ1v) is 3.12. The molecule has 0 unspecified atom stereocenters. The summed E-state index contributed by atoms with van der Waals surface area (Å²) in [5, 5.41) is 11.1. The lowest BCUT2D eigenvalue weighted by atomic mass is 10.2. The summed E-state index contributed by atoms with van der Waals surface area (Å²) in [5.74, 6) is 0. The first-order valence-electron chi connectivity index (χ1n) is 3.12.